The van der Waals surface area contributed by atoms with Gasteiger partial charge < -0.3 is 14.2 Å². The van der Waals surface area contributed by atoms with Crippen molar-refractivity contribution in [2.45, 2.75) is 264 Å². The van der Waals surface area contributed by atoms with Crippen molar-refractivity contribution in [3.8, 4) is 0 Å². The van der Waals surface area contributed by atoms with Crippen LogP contribution < -0.4 is 0 Å². The Balaban J connectivity index is 4.40. The van der Waals surface area contributed by atoms with Crippen LogP contribution >= 0.6 is 0 Å². The van der Waals surface area contributed by atoms with Crippen molar-refractivity contribution in [2.75, 3.05) is 13.2 Å². The van der Waals surface area contributed by atoms with E-state index in [1.165, 1.54) is 109 Å². The van der Waals surface area contributed by atoms with Gasteiger partial charge in [-0.1, -0.05) is 203 Å². The summed E-state index contributed by atoms with van der Waals surface area (Å²) < 4.78 is 16.8. The van der Waals surface area contributed by atoms with Crippen LogP contribution in [0.4, 0.5) is 0 Å². The average molecular weight is 893 g/mol. The van der Waals surface area contributed by atoms with Gasteiger partial charge in [0, 0.05) is 19.3 Å². The first-order valence-electron chi connectivity index (χ1n) is 26.9. The van der Waals surface area contributed by atoms with Crippen LogP contribution in [-0.4, -0.2) is 37.2 Å². The van der Waals surface area contributed by atoms with Gasteiger partial charge in [-0.3, -0.25) is 14.4 Å². The van der Waals surface area contributed by atoms with E-state index in [0.29, 0.717) is 19.3 Å². The quantitative estimate of drug-likeness (QED) is 0.0262. The van der Waals surface area contributed by atoms with Crippen LogP contribution in [0.5, 0.6) is 0 Å². The second-order valence-electron chi connectivity index (χ2n) is 17.7. The molecule has 0 aliphatic heterocycles. The summed E-state index contributed by atoms with van der Waals surface area (Å²) in [7, 11) is 0. The molecule has 0 rings (SSSR count). The largest absolute Gasteiger partial charge is 0.462 e. The Labute approximate surface area is 395 Å². The van der Waals surface area contributed by atoms with Gasteiger partial charge in [-0.25, -0.2) is 0 Å². The highest BCUT2D eigenvalue weighted by atomic mass is 16.6. The zero-order valence-corrected chi connectivity index (χ0v) is 42.0. The lowest BCUT2D eigenvalue weighted by Gasteiger charge is -2.18. The fourth-order valence-electron chi connectivity index (χ4n) is 7.36. The summed E-state index contributed by atoms with van der Waals surface area (Å²) in [6.45, 7) is 6.48. The molecular weight excluding hydrogens is 793 g/mol. The van der Waals surface area contributed by atoms with Crippen LogP contribution in [0, 0.1) is 0 Å². The monoisotopic (exact) mass is 893 g/mol. The Kier molecular flexibility index (Phi) is 49.9. The van der Waals surface area contributed by atoms with Gasteiger partial charge >= 0.3 is 17.9 Å². The van der Waals surface area contributed by atoms with Gasteiger partial charge in [0.2, 0.25) is 0 Å². The second-order valence-corrected chi connectivity index (χ2v) is 17.7. The van der Waals surface area contributed by atoms with E-state index in [1.807, 2.05) is 0 Å². The molecule has 6 heteroatoms. The van der Waals surface area contributed by atoms with E-state index in [4.69, 9.17) is 14.2 Å². The first-order chi connectivity index (χ1) is 31.5. The summed E-state index contributed by atoms with van der Waals surface area (Å²) in [5, 5.41) is 0. The lowest BCUT2D eigenvalue weighted by molar-refractivity contribution is -0.167. The predicted octanol–water partition coefficient (Wildman–Crippen LogP) is 17.8. The number of unbranched alkanes of at least 4 members (excludes halogenated alkanes) is 25. The Morgan fingerprint density at radius 2 is 0.609 bits per heavy atom. The highest BCUT2D eigenvalue weighted by molar-refractivity contribution is 5.71. The average Bonchev–Trinajstić information content (AvgIpc) is 3.29. The van der Waals surface area contributed by atoms with Crippen molar-refractivity contribution in [1.29, 1.82) is 0 Å². The Morgan fingerprint density at radius 3 is 1.00 bits per heavy atom. The van der Waals surface area contributed by atoms with E-state index < -0.39 is 6.10 Å². The van der Waals surface area contributed by atoms with E-state index in [0.717, 1.165) is 109 Å². The normalized spacial score (nSPS) is 12.6. The summed E-state index contributed by atoms with van der Waals surface area (Å²) in [6.07, 6.45) is 66.0. The molecule has 0 aromatic rings. The molecule has 0 bridgehead atoms. The van der Waals surface area contributed by atoms with Crippen LogP contribution in [0.1, 0.15) is 258 Å². The molecule has 0 amide bonds. The van der Waals surface area contributed by atoms with Gasteiger partial charge in [0.05, 0.1) is 0 Å². The molecule has 0 saturated heterocycles. The predicted molar refractivity (Wildman–Crippen MR) is 274 cm³/mol. The number of hydrogen-bond donors (Lipinski definition) is 0. The molecule has 0 heterocycles. The Morgan fingerprint density at radius 1 is 0.328 bits per heavy atom. The molecule has 0 spiro atoms. The maximum absolute atomic E-state index is 12.8. The number of rotatable bonds is 48. The van der Waals surface area contributed by atoms with E-state index in [9.17, 15) is 14.4 Å². The second kappa shape index (κ2) is 52.5. The molecule has 64 heavy (non-hydrogen) atoms. The van der Waals surface area contributed by atoms with Gasteiger partial charge in [0.25, 0.3) is 0 Å². The van der Waals surface area contributed by atoms with E-state index >= 15 is 0 Å². The van der Waals surface area contributed by atoms with Gasteiger partial charge in [-0.15, -0.1) is 0 Å². The minimum Gasteiger partial charge on any atom is -0.462 e. The molecule has 0 saturated carbocycles. The SMILES string of the molecule is CC/C=C\C/C=C\C/C=C\C/C=C\CCCCCCCCC(=O)OCC(COC(=O)CCCCCCC/C=C\CCCCC)OC(=O)CCCCCCC/C=C\CCCCCCCC. The van der Waals surface area contributed by atoms with Crippen molar-refractivity contribution < 1.29 is 28.6 Å². The van der Waals surface area contributed by atoms with Crippen LogP contribution in [0.15, 0.2) is 72.9 Å². The van der Waals surface area contributed by atoms with E-state index in [1.54, 1.807) is 0 Å². The molecule has 0 N–H and O–H groups in total. The summed E-state index contributed by atoms with van der Waals surface area (Å²) in [5.41, 5.74) is 0. The third-order valence-corrected chi connectivity index (χ3v) is 11.4. The molecule has 368 valence electrons. The van der Waals surface area contributed by atoms with Gasteiger partial charge in [-0.2, -0.15) is 0 Å². The first-order valence-corrected chi connectivity index (χ1v) is 26.9. The number of ether oxygens (including phenoxy) is 3. The van der Waals surface area contributed by atoms with Crippen LogP contribution in [0.2, 0.25) is 0 Å². The maximum atomic E-state index is 12.8. The highest BCUT2D eigenvalue weighted by Gasteiger charge is 2.19. The molecule has 0 aliphatic carbocycles. The Hall–Kier alpha value is -3.15. The van der Waals surface area contributed by atoms with Crippen molar-refractivity contribution in [1.82, 2.24) is 0 Å². The Bertz CT molecular complexity index is 1210. The number of carbonyl (C=O) groups is 3. The van der Waals surface area contributed by atoms with Gasteiger partial charge in [0.15, 0.2) is 6.10 Å². The first kappa shape index (κ1) is 60.9. The third-order valence-electron chi connectivity index (χ3n) is 11.4. The topological polar surface area (TPSA) is 78.9 Å². The van der Waals surface area contributed by atoms with E-state index in [2.05, 4.69) is 93.7 Å². The molecule has 0 fully saturated rings. The lowest BCUT2D eigenvalue weighted by Crippen LogP contribution is -2.30. The van der Waals surface area contributed by atoms with Crippen molar-refractivity contribution in [2.24, 2.45) is 0 Å². The summed E-state index contributed by atoms with van der Waals surface area (Å²) >= 11 is 0. The molecule has 0 radical (unpaired) electrons. The van der Waals surface area contributed by atoms with Crippen molar-refractivity contribution in [3.63, 3.8) is 0 Å². The minimum absolute atomic E-state index is 0.0876. The minimum atomic E-state index is -0.788. The number of allylic oxidation sites excluding steroid dienone is 12. The molecule has 0 aromatic carbocycles. The molecule has 0 aromatic heterocycles. The summed E-state index contributed by atoms with van der Waals surface area (Å²) in [5.74, 6) is -0.915. The number of hydrogen-bond acceptors (Lipinski definition) is 6. The molecule has 6 nitrogen and oxygen atoms in total. The number of esters is 3. The standard InChI is InChI=1S/C58H100O6/c1-4-7-10-13-16-19-22-25-27-28-29-30-32-33-36-39-42-45-48-51-57(60)63-54-55(53-62-56(59)50-47-44-41-38-35-24-21-18-15-12-9-6-3)64-58(61)52-49-46-43-40-37-34-31-26-23-20-17-14-11-8-5-2/h7,10,16,18-19,21,25-27,29-31,55H,4-6,8-9,11-15,17,20,22-24,28,32-54H2,1-3H3/b10-7-,19-16-,21-18-,27-25-,30-29-,31-26-. The van der Waals surface area contributed by atoms with Crippen LogP contribution in [0.25, 0.3) is 0 Å². The zero-order chi connectivity index (χ0) is 46.5. The van der Waals surface area contributed by atoms with E-state index in [-0.39, 0.29) is 31.1 Å². The fraction of sp³-hybridized carbons (Fsp3) is 0.741. The highest BCUT2D eigenvalue weighted by Crippen LogP contribution is 2.14. The van der Waals surface area contributed by atoms with Crippen LogP contribution in [0.3, 0.4) is 0 Å². The van der Waals surface area contributed by atoms with Gasteiger partial charge in [0.1, 0.15) is 13.2 Å². The van der Waals surface area contributed by atoms with Crippen molar-refractivity contribution >= 4 is 17.9 Å². The maximum Gasteiger partial charge on any atom is 0.306 e. The molecule has 0 aliphatic rings. The summed E-state index contributed by atoms with van der Waals surface area (Å²) in [6, 6.07) is 0. The molecular formula is C58H100O6. The number of carbonyl (C=O) groups excluding carboxylic acids is 3. The molecule has 1 atom stereocenters. The lowest BCUT2D eigenvalue weighted by atomic mass is 10.1. The van der Waals surface area contributed by atoms with Crippen molar-refractivity contribution in [3.05, 3.63) is 72.9 Å². The van der Waals surface area contributed by atoms with Crippen LogP contribution in [-0.2, 0) is 28.6 Å². The summed E-state index contributed by atoms with van der Waals surface area (Å²) in [4.78, 5) is 38.0. The zero-order valence-electron chi connectivity index (χ0n) is 42.0. The molecule has 1 unspecified atom stereocenters. The third kappa shape index (κ3) is 49.9. The smallest absolute Gasteiger partial charge is 0.306 e. The fourth-order valence-corrected chi connectivity index (χ4v) is 7.36. The van der Waals surface area contributed by atoms with Gasteiger partial charge in [-0.05, 0) is 109 Å².